The van der Waals surface area contributed by atoms with E-state index >= 15 is 0 Å². The molecule has 0 spiro atoms. The highest BCUT2D eigenvalue weighted by molar-refractivity contribution is 5.97. The van der Waals surface area contributed by atoms with Gasteiger partial charge in [0.2, 0.25) is 0 Å². The van der Waals surface area contributed by atoms with Gasteiger partial charge in [-0.15, -0.1) is 0 Å². The summed E-state index contributed by atoms with van der Waals surface area (Å²) < 4.78 is 11.5. The van der Waals surface area contributed by atoms with Crippen LogP contribution in [0.4, 0.5) is 0 Å². The van der Waals surface area contributed by atoms with Crippen LogP contribution in [-0.4, -0.2) is 42.3 Å². The van der Waals surface area contributed by atoms with E-state index in [4.69, 9.17) is 9.47 Å². The van der Waals surface area contributed by atoms with Gasteiger partial charge in [-0.1, -0.05) is 12.1 Å². The van der Waals surface area contributed by atoms with Gasteiger partial charge in [-0.2, -0.15) is 0 Å². The molecule has 0 radical (unpaired) electrons. The molecule has 2 heterocycles. The quantitative estimate of drug-likeness (QED) is 0.846. The van der Waals surface area contributed by atoms with Crippen molar-refractivity contribution >= 4 is 5.91 Å². The molecule has 1 aromatic carbocycles. The molecule has 1 atom stereocenters. The second-order valence-electron chi connectivity index (χ2n) is 8.91. The van der Waals surface area contributed by atoms with Crippen LogP contribution in [0.1, 0.15) is 63.7 Å². The van der Waals surface area contributed by atoms with Crippen LogP contribution in [0.15, 0.2) is 24.3 Å². The lowest BCUT2D eigenvalue weighted by Gasteiger charge is -2.46. The molecule has 0 bridgehead atoms. The third kappa shape index (κ3) is 4.98. The molecule has 2 aliphatic heterocycles. The minimum atomic E-state index is -0.0635. The van der Waals surface area contributed by atoms with E-state index in [-0.39, 0.29) is 29.1 Å². The predicted octanol–water partition coefficient (Wildman–Crippen LogP) is 3.28. The standard InChI is InChI=1S/C21H32N2O3/c1-20(2)12-15(13-21(3,4)23-20)22-19(24)17-9-5-6-10-18(17)26-14-16-8-7-11-25-16/h5-6,9-10,15-16,23H,7-8,11-14H2,1-4H3,(H,22,24)/t16-/m0/s1. The summed E-state index contributed by atoms with van der Waals surface area (Å²) in [4.78, 5) is 12.9. The Labute approximate surface area is 156 Å². The fourth-order valence-electron chi connectivity index (χ4n) is 4.43. The smallest absolute Gasteiger partial charge is 0.255 e. The third-order valence-electron chi connectivity index (χ3n) is 5.11. The van der Waals surface area contributed by atoms with Crippen molar-refractivity contribution in [2.75, 3.05) is 13.2 Å². The van der Waals surface area contributed by atoms with Crippen molar-refractivity contribution < 1.29 is 14.3 Å². The van der Waals surface area contributed by atoms with Crippen molar-refractivity contribution in [1.29, 1.82) is 0 Å². The highest BCUT2D eigenvalue weighted by Crippen LogP contribution is 2.29. The van der Waals surface area contributed by atoms with Crippen LogP contribution in [0.25, 0.3) is 0 Å². The zero-order valence-electron chi connectivity index (χ0n) is 16.4. The normalized spacial score (nSPS) is 25.0. The Morgan fingerprint density at radius 2 is 1.92 bits per heavy atom. The summed E-state index contributed by atoms with van der Waals surface area (Å²) in [5.74, 6) is 0.569. The molecule has 3 rings (SSSR count). The fourth-order valence-corrected chi connectivity index (χ4v) is 4.43. The first-order chi connectivity index (χ1) is 12.2. The Kier molecular flexibility index (Phi) is 5.58. The van der Waals surface area contributed by atoms with Gasteiger partial charge in [-0.3, -0.25) is 4.79 Å². The zero-order chi connectivity index (χ0) is 18.8. The SMILES string of the molecule is CC1(C)CC(NC(=O)c2ccccc2OC[C@@H]2CCCO2)CC(C)(C)N1. The van der Waals surface area contributed by atoms with Crippen molar-refractivity contribution in [2.24, 2.45) is 0 Å². The van der Waals surface area contributed by atoms with E-state index in [1.165, 1.54) is 0 Å². The fraction of sp³-hybridized carbons (Fsp3) is 0.667. The number of nitrogens with one attached hydrogen (secondary N) is 2. The second kappa shape index (κ2) is 7.57. The number of para-hydroxylation sites is 1. The van der Waals surface area contributed by atoms with Crippen LogP contribution in [0.3, 0.4) is 0 Å². The van der Waals surface area contributed by atoms with Gasteiger partial charge < -0.3 is 20.1 Å². The first-order valence-corrected chi connectivity index (χ1v) is 9.68. The van der Waals surface area contributed by atoms with Crippen LogP contribution < -0.4 is 15.4 Å². The van der Waals surface area contributed by atoms with Gasteiger partial charge >= 0.3 is 0 Å². The van der Waals surface area contributed by atoms with E-state index in [1.807, 2.05) is 24.3 Å². The average Bonchev–Trinajstić information content (AvgIpc) is 3.03. The van der Waals surface area contributed by atoms with Crippen LogP contribution in [-0.2, 0) is 4.74 Å². The number of benzene rings is 1. The zero-order valence-corrected chi connectivity index (χ0v) is 16.4. The Bertz CT molecular complexity index is 620. The third-order valence-corrected chi connectivity index (χ3v) is 5.11. The Morgan fingerprint density at radius 1 is 1.23 bits per heavy atom. The van der Waals surface area contributed by atoms with E-state index in [0.717, 1.165) is 32.3 Å². The van der Waals surface area contributed by atoms with Gasteiger partial charge in [0.1, 0.15) is 12.4 Å². The summed E-state index contributed by atoms with van der Waals surface area (Å²) in [5.41, 5.74) is 0.588. The number of hydrogen-bond donors (Lipinski definition) is 2. The van der Waals surface area contributed by atoms with Crippen LogP contribution in [0.5, 0.6) is 5.75 Å². The number of piperidine rings is 1. The molecule has 0 unspecified atom stereocenters. The topological polar surface area (TPSA) is 59.6 Å². The van der Waals surface area contributed by atoms with Crippen LogP contribution in [0.2, 0.25) is 0 Å². The van der Waals surface area contributed by atoms with E-state index < -0.39 is 0 Å². The summed E-state index contributed by atoms with van der Waals surface area (Å²) in [6.07, 6.45) is 4.05. The molecule has 5 heteroatoms. The minimum Gasteiger partial charge on any atom is -0.490 e. The molecule has 144 valence electrons. The largest absolute Gasteiger partial charge is 0.490 e. The van der Waals surface area contributed by atoms with Gasteiger partial charge in [-0.05, 0) is 65.5 Å². The summed E-state index contributed by atoms with van der Waals surface area (Å²) in [5, 5.41) is 6.87. The summed E-state index contributed by atoms with van der Waals surface area (Å²) in [6, 6.07) is 7.61. The average molecular weight is 360 g/mol. The number of carbonyl (C=O) groups is 1. The van der Waals surface area contributed by atoms with Crippen molar-refractivity contribution in [3.8, 4) is 5.75 Å². The van der Waals surface area contributed by atoms with E-state index in [2.05, 4.69) is 38.3 Å². The highest BCUT2D eigenvalue weighted by atomic mass is 16.5. The lowest BCUT2D eigenvalue weighted by atomic mass is 9.79. The van der Waals surface area contributed by atoms with E-state index in [9.17, 15) is 4.79 Å². The van der Waals surface area contributed by atoms with Crippen molar-refractivity contribution in [3.05, 3.63) is 29.8 Å². The molecule has 0 aromatic heterocycles. The molecule has 0 saturated carbocycles. The van der Waals surface area contributed by atoms with Gasteiger partial charge in [0.25, 0.3) is 5.91 Å². The Hall–Kier alpha value is -1.59. The molecule has 2 aliphatic rings. The summed E-state index contributed by atoms with van der Waals surface area (Å²) in [7, 11) is 0. The number of ether oxygens (including phenoxy) is 2. The van der Waals surface area contributed by atoms with Crippen LogP contribution in [0, 0.1) is 0 Å². The summed E-state index contributed by atoms with van der Waals surface area (Å²) >= 11 is 0. The van der Waals surface area contributed by atoms with Gasteiger partial charge in [0.15, 0.2) is 0 Å². The second-order valence-corrected chi connectivity index (χ2v) is 8.91. The minimum absolute atomic E-state index is 0.00444. The molecule has 2 fully saturated rings. The number of rotatable bonds is 5. The molecular weight excluding hydrogens is 328 g/mol. The van der Waals surface area contributed by atoms with Crippen molar-refractivity contribution in [2.45, 2.75) is 76.6 Å². The molecule has 26 heavy (non-hydrogen) atoms. The molecular formula is C21H32N2O3. The monoisotopic (exact) mass is 360 g/mol. The van der Waals surface area contributed by atoms with E-state index in [0.29, 0.717) is 17.9 Å². The predicted molar refractivity (Wildman–Crippen MR) is 103 cm³/mol. The number of amides is 1. The lowest BCUT2D eigenvalue weighted by molar-refractivity contribution is 0.0667. The summed E-state index contributed by atoms with van der Waals surface area (Å²) in [6.45, 7) is 10.0. The van der Waals surface area contributed by atoms with Crippen molar-refractivity contribution in [3.63, 3.8) is 0 Å². The molecule has 2 saturated heterocycles. The van der Waals surface area contributed by atoms with Gasteiger partial charge in [0, 0.05) is 23.7 Å². The molecule has 1 aromatic rings. The number of hydrogen-bond acceptors (Lipinski definition) is 4. The lowest BCUT2D eigenvalue weighted by Crippen LogP contribution is -2.62. The van der Waals surface area contributed by atoms with E-state index in [1.54, 1.807) is 0 Å². The molecule has 5 nitrogen and oxygen atoms in total. The first-order valence-electron chi connectivity index (χ1n) is 9.68. The molecule has 0 aliphatic carbocycles. The molecule has 2 N–H and O–H groups in total. The maximum absolute atomic E-state index is 12.9. The van der Waals surface area contributed by atoms with Gasteiger partial charge in [0.05, 0.1) is 11.7 Å². The highest BCUT2D eigenvalue weighted by Gasteiger charge is 2.38. The maximum atomic E-state index is 12.9. The molecule has 1 amide bonds. The first kappa shape index (κ1) is 19.2. The number of carbonyl (C=O) groups excluding carboxylic acids is 1. The Morgan fingerprint density at radius 3 is 2.58 bits per heavy atom. The van der Waals surface area contributed by atoms with Gasteiger partial charge in [-0.25, -0.2) is 0 Å². The van der Waals surface area contributed by atoms with Crippen LogP contribution >= 0.6 is 0 Å². The van der Waals surface area contributed by atoms with Crippen molar-refractivity contribution in [1.82, 2.24) is 10.6 Å². The Balaban J connectivity index is 1.65. The maximum Gasteiger partial charge on any atom is 0.255 e.